The molecule has 0 fully saturated rings. The van der Waals surface area contributed by atoms with Gasteiger partial charge in [0.15, 0.2) is 11.5 Å². The Labute approximate surface area is 169 Å². The van der Waals surface area contributed by atoms with Crippen LogP contribution in [0.2, 0.25) is 0 Å². The van der Waals surface area contributed by atoms with E-state index in [9.17, 15) is 4.79 Å². The molecule has 1 aromatic heterocycles. The monoisotopic (exact) mass is 393 g/mol. The van der Waals surface area contributed by atoms with Gasteiger partial charge in [-0.05, 0) is 51.7 Å². The molecule has 0 atom stereocenters. The van der Waals surface area contributed by atoms with Crippen molar-refractivity contribution in [1.29, 1.82) is 0 Å². The number of carbonyl (C=O) groups is 1. The fraction of sp³-hybridized carbons (Fsp3) is 0.174. The first-order valence-electron chi connectivity index (χ1n) is 8.94. The molecule has 0 spiro atoms. The summed E-state index contributed by atoms with van der Waals surface area (Å²) in [5.74, 6) is 1.29. The van der Waals surface area contributed by atoms with Crippen molar-refractivity contribution in [3.8, 4) is 11.5 Å². The quantitative estimate of drug-likeness (QED) is 0.505. The topological polar surface area (TPSA) is 38.8 Å². The van der Waals surface area contributed by atoms with Gasteiger partial charge in [-0.25, -0.2) is 0 Å². The van der Waals surface area contributed by atoms with Crippen LogP contribution >= 0.6 is 11.3 Å². The zero-order valence-corrected chi connectivity index (χ0v) is 16.8. The van der Waals surface area contributed by atoms with Gasteiger partial charge in [-0.2, -0.15) is 11.3 Å². The number of thiophene rings is 1. The molecule has 3 aromatic rings. The molecule has 3 rings (SSSR count). The van der Waals surface area contributed by atoms with Crippen LogP contribution in [0.4, 0.5) is 0 Å². The minimum atomic E-state index is -0.0467. The molecule has 0 aliphatic rings. The lowest BCUT2D eigenvalue weighted by atomic mass is 10.2. The van der Waals surface area contributed by atoms with E-state index in [1.165, 1.54) is 0 Å². The highest BCUT2D eigenvalue weighted by Crippen LogP contribution is 2.29. The van der Waals surface area contributed by atoms with Crippen molar-refractivity contribution in [3.05, 3.63) is 88.1 Å². The summed E-state index contributed by atoms with van der Waals surface area (Å²) in [6, 6.07) is 17.7. The molecular formula is C23H23NO3S. The van der Waals surface area contributed by atoms with Crippen LogP contribution in [-0.4, -0.2) is 25.0 Å². The summed E-state index contributed by atoms with van der Waals surface area (Å²) < 4.78 is 11.4. The molecule has 28 heavy (non-hydrogen) atoms. The summed E-state index contributed by atoms with van der Waals surface area (Å²) in [7, 11) is 3.40. The molecule has 0 aliphatic heterocycles. The van der Waals surface area contributed by atoms with Crippen molar-refractivity contribution in [3.63, 3.8) is 0 Å². The normalized spacial score (nSPS) is 10.8. The Hall–Kier alpha value is -3.05. The van der Waals surface area contributed by atoms with E-state index in [1.54, 1.807) is 36.5 Å². The van der Waals surface area contributed by atoms with Crippen LogP contribution in [0.3, 0.4) is 0 Å². The summed E-state index contributed by atoms with van der Waals surface area (Å²) in [4.78, 5) is 14.0. The van der Waals surface area contributed by atoms with Gasteiger partial charge < -0.3 is 14.4 Å². The highest BCUT2D eigenvalue weighted by atomic mass is 32.1. The van der Waals surface area contributed by atoms with E-state index in [0.29, 0.717) is 24.7 Å². The molecular weight excluding hydrogens is 370 g/mol. The first-order valence-corrected chi connectivity index (χ1v) is 9.89. The number of hydrogen-bond donors (Lipinski definition) is 0. The first-order chi connectivity index (χ1) is 13.7. The van der Waals surface area contributed by atoms with Crippen molar-refractivity contribution in [2.45, 2.75) is 13.2 Å². The maximum atomic E-state index is 12.3. The average molecular weight is 394 g/mol. The number of carbonyl (C=O) groups excluding carboxylic acids is 1. The molecule has 1 heterocycles. The third-order valence-corrected chi connectivity index (χ3v) is 4.92. The number of likely N-dealkylation sites (N-methyl/N-ethyl adjacent to an activating group) is 1. The number of ether oxygens (including phenoxy) is 2. The molecule has 5 heteroatoms. The molecule has 0 unspecified atom stereocenters. The standard InChI is InChI=1S/C23H23NO3S/c1-24(23(25)11-9-19-12-13-28-17-19)15-20-8-10-21(22(14-20)26-2)27-16-18-6-4-3-5-7-18/h3-14,17H,15-16H2,1-2H3/b11-9+. The van der Waals surface area contributed by atoms with Gasteiger partial charge in [-0.15, -0.1) is 0 Å². The smallest absolute Gasteiger partial charge is 0.246 e. The van der Waals surface area contributed by atoms with Crippen LogP contribution in [0.25, 0.3) is 6.08 Å². The summed E-state index contributed by atoms with van der Waals surface area (Å²) in [6.07, 6.45) is 3.42. The summed E-state index contributed by atoms with van der Waals surface area (Å²) in [5.41, 5.74) is 3.11. The third kappa shape index (κ3) is 5.47. The second-order valence-electron chi connectivity index (χ2n) is 6.34. The predicted octanol–water partition coefficient (Wildman–Crippen LogP) is 5.01. The van der Waals surface area contributed by atoms with Gasteiger partial charge in [0.05, 0.1) is 7.11 Å². The van der Waals surface area contributed by atoms with E-state index in [-0.39, 0.29) is 5.91 Å². The third-order valence-electron chi connectivity index (χ3n) is 4.22. The molecule has 0 aliphatic carbocycles. The van der Waals surface area contributed by atoms with Crippen molar-refractivity contribution >= 4 is 23.3 Å². The van der Waals surface area contributed by atoms with E-state index < -0.39 is 0 Å². The molecule has 1 amide bonds. The van der Waals surface area contributed by atoms with Crippen LogP contribution < -0.4 is 9.47 Å². The lowest BCUT2D eigenvalue weighted by molar-refractivity contribution is -0.125. The summed E-state index contributed by atoms with van der Waals surface area (Å²) >= 11 is 1.61. The molecule has 2 aromatic carbocycles. The Morgan fingerprint density at radius 2 is 1.89 bits per heavy atom. The fourth-order valence-electron chi connectivity index (χ4n) is 2.68. The Kier molecular flexibility index (Phi) is 6.87. The van der Waals surface area contributed by atoms with Crippen LogP contribution in [0.15, 0.2) is 71.4 Å². The number of nitrogens with zero attached hydrogens (tertiary/aromatic N) is 1. The number of rotatable bonds is 8. The minimum Gasteiger partial charge on any atom is -0.493 e. The van der Waals surface area contributed by atoms with Gasteiger partial charge >= 0.3 is 0 Å². The Bertz CT molecular complexity index is 920. The van der Waals surface area contributed by atoms with Crippen LogP contribution in [-0.2, 0) is 17.9 Å². The average Bonchev–Trinajstić information content (AvgIpc) is 3.25. The van der Waals surface area contributed by atoms with Gasteiger partial charge in [0.1, 0.15) is 6.61 Å². The van der Waals surface area contributed by atoms with Crippen LogP contribution in [0.5, 0.6) is 11.5 Å². The Morgan fingerprint density at radius 1 is 1.07 bits per heavy atom. The van der Waals surface area contributed by atoms with E-state index in [2.05, 4.69) is 0 Å². The molecule has 4 nitrogen and oxygen atoms in total. The van der Waals surface area contributed by atoms with Crippen molar-refractivity contribution < 1.29 is 14.3 Å². The van der Waals surface area contributed by atoms with E-state index >= 15 is 0 Å². The molecule has 0 saturated heterocycles. The van der Waals surface area contributed by atoms with E-state index in [1.807, 2.05) is 71.4 Å². The highest BCUT2D eigenvalue weighted by Gasteiger charge is 2.10. The van der Waals surface area contributed by atoms with Crippen LogP contribution in [0, 0.1) is 0 Å². The molecule has 0 saturated carbocycles. The Balaban J connectivity index is 1.61. The number of methoxy groups -OCH3 is 1. The summed E-state index contributed by atoms with van der Waals surface area (Å²) in [6.45, 7) is 0.963. The van der Waals surface area contributed by atoms with Gasteiger partial charge in [0.2, 0.25) is 5.91 Å². The van der Waals surface area contributed by atoms with Gasteiger partial charge in [0.25, 0.3) is 0 Å². The van der Waals surface area contributed by atoms with Gasteiger partial charge in [0, 0.05) is 19.7 Å². The lowest BCUT2D eigenvalue weighted by Gasteiger charge is -2.17. The molecule has 144 valence electrons. The molecule has 0 N–H and O–H groups in total. The number of benzene rings is 2. The zero-order chi connectivity index (χ0) is 19.8. The van der Waals surface area contributed by atoms with E-state index in [0.717, 1.165) is 16.7 Å². The first kappa shape index (κ1) is 19.7. The second-order valence-corrected chi connectivity index (χ2v) is 7.12. The van der Waals surface area contributed by atoms with E-state index in [4.69, 9.17) is 9.47 Å². The number of amides is 1. The Morgan fingerprint density at radius 3 is 2.61 bits per heavy atom. The maximum absolute atomic E-state index is 12.3. The zero-order valence-electron chi connectivity index (χ0n) is 16.0. The minimum absolute atomic E-state index is 0.0467. The molecule has 0 radical (unpaired) electrons. The predicted molar refractivity (Wildman–Crippen MR) is 114 cm³/mol. The van der Waals surface area contributed by atoms with Crippen molar-refractivity contribution in [2.75, 3.05) is 14.2 Å². The largest absolute Gasteiger partial charge is 0.493 e. The fourth-order valence-corrected chi connectivity index (χ4v) is 3.31. The summed E-state index contributed by atoms with van der Waals surface area (Å²) in [5, 5.41) is 3.99. The van der Waals surface area contributed by atoms with Crippen molar-refractivity contribution in [2.24, 2.45) is 0 Å². The second kappa shape index (κ2) is 9.76. The van der Waals surface area contributed by atoms with Crippen molar-refractivity contribution in [1.82, 2.24) is 4.90 Å². The SMILES string of the molecule is COc1cc(CN(C)C(=O)/C=C/c2ccsc2)ccc1OCc1ccccc1. The van der Waals surface area contributed by atoms with Crippen LogP contribution in [0.1, 0.15) is 16.7 Å². The molecule has 0 bridgehead atoms. The maximum Gasteiger partial charge on any atom is 0.246 e. The van der Waals surface area contributed by atoms with Gasteiger partial charge in [-0.3, -0.25) is 4.79 Å². The number of hydrogen-bond acceptors (Lipinski definition) is 4. The van der Waals surface area contributed by atoms with Gasteiger partial charge in [-0.1, -0.05) is 36.4 Å². The lowest BCUT2D eigenvalue weighted by Crippen LogP contribution is -2.24. The highest BCUT2D eigenvalue weighted by molar-refractivity contribution is 7.08.